The largest absolute Gasteiger partial charge is 0.344 e. The molecule has 0 aromatic rings. The number of hydrogen-bond donors (Lipinski definition) is 1. The number of amides is 1. The number of likely N-dealkylation sites (N-methyl/N-ethyl adjacent to an activating group) is 2. The fourth-order valence-electron chi connectivity index (χ4n) is 3.69. The lowest BCUT2D eigenvalue weighted by Crippen LogP contribution is -2.44. The molecule has 4 nitrogen and oxygen atoms in total. The highest BCUT2D eigenvalue weighted by atomic mass is 16.2. The van der Waals surface area contributed by atoms with Crippen LogP contribution in [-0.2, 0) is 4.79 Å². The Morgan fingerprint density at radius 1 is 1.32 bits per heavy atom. The summed E-state index contributed by atoms with van der Waals surface area (Å²) >= 11 is 0. The topological polar surface area (TPSA) is 49.6 Å². The van der Waals surface area contributed by atoms with E-state index in [1.165, 1.54) is 19.4 Å². The molecule has 0 bridgehead atoms. The molecule has 2 N–H and O–H groups in total. The lowest BCUT2D eigenvalue weighted by Gasteiger charge is -2.32. The van der Waals surface area contributed by atoms with Gasteiger partial charge in [0.05, 0.1) is 0 Å². The molecule has 1 aliphatic carbocycles. The third-order valence-corrected chi connectivity index (χ3v) is 4.83. The number of carbonyl (C=O) groups is 1. The van der Waals surface area contributed by atoms with E-state index < -0.39 is 0 Å². The molecule has 19 heavy (non-hydrogen) atoms. The maximum atomic E-state index is 12.5. The van der Waals surface area contributed by atoms with Gasteiger partial charge in [-0.15, -0.1) is 0 Å². The minimum absolute atomic E-state index is 0.172. The Morgan fingerprint density at radius 2 is 2.11 bits per heavy atom. The number of carbonyl (C=O) groups excluding carboxylic acids is 1. The van der Waals surface area contributed by atoms with Crippen LogP contribution in [0.15, 0.2) is 0 Å². The number of rotatable bonds is 4. The Hall–Kier alpha value is -0.610. The van der Waals surface area contributed by atoms with Crippen LogP contribution >= 0.6 is 0 Å². The first-order valence-electron chi connectivity index (χ1n) is 7.86. The zero-order chi connectivity index (χ0) is 13.8. The fourth-order valence-corrected chi connectivity index (χ4v) is 3.69. The second-order valence-electron chi connectivity index (χ2n) is 6.27. The third kappa shape index (κ3) is 3.69. The Labute approximate surface area is 117 Å². The van der Waals surface area contributed by atoms with E-state index in [0.717, 1.165) is 38.8 Å². The van der Waals surface area contributed by atoms with E-state index in [0.29, 0.717) is 11.9 Å². The standard InChI is InChI=1S/C15H29N3O/c1-3-18-9-5-8-14(18)11-17(2)15(19)12-6-4-7-13(16)10-12/h12-14H,3-11,16H2,1-2H3/t12-,13+,14-/m1/s1. The highest BCUT2D eigenvalue weighted by Gasteiger charge is 2.30. The molecule has 1 aliphatic heterocycles. The second kappa shape index (κ2) is 6.71. The van der Waals surface area contributed by atoms with Crippen molar-refractivity contribution in [1.82, 2.24) is 9.80 Å². The van der Waals surface area contributed by atoms with E-state index in [1.54, 1.807) is 0 Å². The lowest BCUT2D eigenvalue weighted by atomic mass is 9.85. The first-order chi connectivity index (χ1) is 9.11. The summed E-state index contributed by atoms with van der Waals surface area (Å²) in [5.41, 5.74) is 5.99. The van der Waals surface area contributed by atoms with Crippen LogP contribution in [0.1, 0.15) is 45.4 Å². The van der Waals surface area contributed by atoms with Gasteiger partial charge in [-0.25, -0.2) is 0 Å². The van der Waals surface area contributed by atoms with Crippen LogP contribution in [0.4, 0.5) is 0 Å². The maximum Gasteiger partial charge on any atom is 0.225 e. The van der Waals surface area contributed by atoms with Gasteiger partial charge in [0.15, 0.2) is 0 Å². The first-order valence-corrected chi connectivity index (χ1v) is 7.86. The van der Waals surface area contributed by atoms with Crippen LogP contribution < -0.4 is 5.73 Å². The van der Waals surface area contributed by atoms with Crippen molar-refractivity contribution in [2.75, 3.05) is 26.7 Å². The van der Waals surface area contributed by atoms with Gasteiger partial charge in [-0.1, -0.05) is 13.3 Å². The molecular formula is C15H29N3O. The van der Waals surface area contributed by atoms with E-state index in [-0.39, 0.29) is 12.0 Å². The van der Waals surface area contributed by atoms with Crippen molar-refractivity contribution in [3.05, 3.63) is 0 Å². The minimum Gasteiger partial charge on any atom is -0.344 e. The molecule has 1 saturated heterocycles. The van der Waals surface area contributed by atoms with E-state index in [4.69, 9.17) is 5.73 Å². The summed E-state index contributed by atoms with van der Waals surface area (Å²) in [5.74, 6) is 0.489. The fraction of sp³-hybridized carbons (Fsp3) is 0.933. The molecule has 1 amide bonds. The highest BCUT2D eigenvalue weighted by molar-refractivity contribution is 5.78. The highest BCUT2D eigenvalue weighted by Crippen LogP contribution is 2.25. The molecule has 0 aromatic carbocycles. The van der Waals surface area contributed by atoms with Crippen LogP contribution in [0.2, 0.25) is 0 Å². The van der Waals surface area contributed by atoms with Crippen LogP contribution in [0, 0.1) is 5.92 Å². The molecule has 0 radical (unpaired) electrons. The quantitative estimate of drug-likeness (QED) is 0.838. The van der Waals surface area contributed by atoms with Crippen molar-refractivity contribution in [3.8, 4) is 0 Å². The van der Waals surface area contributed by atoms with Crippen molar-refractivity contribution >= 4 is 5.91 Å². The third-order valence-electron chi connectivity index (χ3n) is 4.83. The van der Waals surface area contributed by atoms with Crippen LogP contribution in [0.25, 0.3) is 0 Å². The van der Waals surface area contributed by atoms with Crippen LogP contribution in [0.3, 0.4) is 0 Å². The smallest absolute Gasteiger partial charge is 0.225 e. The predicted molar refractivity (Wildman–Crippen MR) is 77.8 cm³/mol. The van der Waals surface area contributed by atoms with Gasteiger partial charge < -0.3 is 10.6 Å². The summed E-state index contributed by atoms with van der Waals surface area (Å²) in [6.07, 6.45) is 6.60. The number of likely N-dealkylation sites (tertiary alicyclic amines) is 1. The van der Waals surface area contributed by atoms with Gasteiger partial charge in [0.25, 0.3) is 0 Å². The number of nitrogens with two attached hydrogens (primary N) is 1. The molecule has 1 heterocycles. The summed E-state index contributed by atoms with van der Waals surface area (Å²) in [4.78, 5) is 16.9. The lowest BCUT2D eigenvalue weighted by molar-refractivity contribution is -0.136. The predicted octanol–water partition coefficient (Wildman–Crippen LogP) is 1.45. The molecule has 3 atom stereocenters. The minimum atomic E-state index is 0.172. The van der Waals surface area contributed by atoms with Gasteiger partial charge in [-0.05, 0) is 45.2 Å². The van der Waals surface area contributed by atoms with Gasteiger partial charge in [-0.2, -0.15) is 0 Å². The van der Waals surface area contributed by atoms with Gasteiger partial charge in [0.1, 0.15) is 0 Å². The summed E-state index contributed by atoms with van der Waals surface area (Å²) < 4.78 is 0. The van der Waals surface area contributed by atoms with Gasteiger partial charge in [0.2, 0.25) is 5.91 Å². The summed E-state index contributed by atoms with van der Waals surface area (Å²) in [6, 6.07) is 0.797. The average molecular weight is 267 g/mol. The van der Waals surface area contributed by atoms with Crippen LogP contribution in [-0.4, -0.2) is 54.5 Å². The van der Waals surface area contributed by atoms with Crippen molar-refractivity contribution < 1.29 is 4.79 Å². The van der Waals surface area contributed by atoms with Crippen molar-refractivity contribution in [2.24, 2.45) is 11.7 Å². The van der Waals surface area contributed by atoms with E-state index >= 15 is 0 Å². The molecule has 2 rings (SSSR count). The number of nitrogens with zero attached hydrogens (tertiary/aromatic N) is 2. The van der Waals surface area contributed by atoms with Crippen molar-refractivity contribution in [2.45, 2.75) is 57.5 Å². The van der Waals surface area contributed by atoms with Crippen molar-refractivity contribution in [3.63, 3.8) is 0 Å². The molecular weight excluding hydrogens is 238 g/mol. The first kappa shape index (κ1) is 14.8. The second-order valence-corrected chi connectivity index (χ2v) is 6.27. The zero-order valence-corrected chi connectivity index (χ0v) is 12.5. The Balaban J connectivity index is 1.84. The van der Waals surface area contributed by atoms with Gasteiger partial charge in [-0.3, -0.25) is 9.69 Å². The van der Waals surface area contributed by atoms with Crippen molar-refractivity contribution in [1.29, 1.82) is 0 Å². The Kier molecular flexibility index (Phi) is 5.22. The molecule has 0 unspecified atom stereocenters. The van der Waals surface area contributed by atoms with Gasteiger partial charge in [0, 0.05) is 31.6 Å². The Bertz CT molecular complexity index is 308. The maximum absolute atomic E-state index is 12.5. The normalized spacial score (nSPS) is 32.5. The molecule has 0 spiro atoms. The molecule has 2 fully saturated rings. The monoisotopic (exact) mass is 267 g/mol. The zero-order valence-electron chi connectivity index (χ0n) is 12.5. The molecule has 110 valence electrons. The molecule has 2 aliphatic rings. The number of hydrogen-bond acceptors (Lipinski definition) is 3. The van der Waals surface area contributed by atoms with E-state index in [9.17, 15) is 4.79 Å². The van der Waals surface area contributed by atoms with Gasteiger partial charge >= 0.3 is 0 Å². The average Bonchev–Trinajstić information content (AvgIpc) is 2.85. The summed E-state index contributed by atoms with van der Waals surface area (Å²) in [5, 5.41) is 0. The summed E-state index contributed by atoms with van der Waals surface area (Å²) in [7, 11) is 1.97. The molecule has 4 heteroatoms. The molecule has 1 saturated carbocycles. The van der Waals surface area contributed by atoms with E-state index in [1.807, 2.05) is 11.9 Å². The molecule has 0 aromatic heterocycles. The Morgan fingerprint density at radius 3 is 2.79 bits per heavy atom. The van der Waals surface area contributed by atoms with E-state index in [2.05, 4.69) is 11.8 Å². The summed E-state index contributed by atoms with van der Waals surface area (Å²) in [6.45, 7) is 5.39. The SMILES string of the molecule is CCN1CCC[C@@H]1CN(C)C(=O)[C@@H]1CCC[C@H](N)C1. The van der Waals surface area contributed by atoms with Crippen LogP contribution in [0.5, 0.6) is 0 Å².